The van der Waals surface area contributed by atoms with Crippen LogP contribution in [0.25, 0.3) is 0 Å². The summed E-state index contributed by atoms with van der Waals surface area (Å²) in [5.74, 6) is -0.607. The van der Waals surface area contributed by atoms with Crippen LogP contribution in [0.5, 0.6) is 0 Å². The minimum absolute atomic E-state index is 0.169. The van der Waals surface area contributed by atoms with Crippen LogP contribution >= 0.6 is 0 Å². The Kier molecular flexibility index (Phi) is 5.09. The third kappa shape index (κ3) is 3.81. The molecule has 0 aromatic rings. The molecule has 0 radical (unpaired) electrons. The molecule has 1 atom stereocenters. The second-order valence-corrected chi connectivity index (χ2v) is 3.91. The fourth-order valence-electron chi connectivity index (χ4n) is 1.66. The number of likely N-dealkylation sites (tertiary alicyclic amines) is 1. The quantitative estimate of drug-likeness (QED) is 0.392. The van der Waals surface area contributed by atoms with E-state index in [1.54, 1.807) is 6.92 Å². The van der Waals surface area contributed by atoms with E-state index in [1.807, 2.05) is 0 Å². The van der Waals surface area contributed by atoms with Gasteiger partial charge in [-0.05, 0) is 19.9 Å². The van der Waals surface area contributed by atoms with Crippen LogP contribution in [0.3, 0.4) is 0 Å². The first kappa shape index (κ1) is 13.6. The molecule has 17 heavy (non-hydrogen) atoms. The third-order valence-corrected chi connectivity index (χ3v) is 2.64. The number of hydrogen-bond acceptors (Lipinski definition) is 5. The highest BCUT2D eigenvalue weighted by Gasteiger charge is 2.35. The van der Waals surface area contributed by atoms with Crippen molar-refractivity contribution in [2.45, 2.75) is 32.2 Å². The first-order chi connectivity index (χ1) is 8.06. The average Bonchev–Trinajstić information content (AvgIpc) is 2.53. The van der Waals surface area contributed by atoms with Gasteiger partial charge in [-0.15, -0.1) is 0 Å². The van der Waals surface area contributed by atoms with Crippen LogP contribution in [0, 0.1) is 0 Å². The summed E-state index contributed by atoms with van der Waals surface area (Å²) in [6, 6.07) is -0.435. The zero-order valence-corrected chi connectivity index (χ0v) is 10.2. The highest BCUT2D eigenvalue weighted by Crippen LogP contribution is 2.10. The molecule has 0 spiro atoms. The van der Waals surface area contributed by atoms with Crippen molar-refractivity contribution in [3.63, 3.8) is 0 Å². The zero-order valence-electron chi connectivity index (χ0n) is 10.2. The summed E-state index contributed by atoms with van der Waals surface area (Å²) < 4.78 is 4.77. The van der Waals surface area contributed by atoms with Gasteiger partial charge < -0.3 is 10.1 Å². The van der Waals surface area contributed by atoms with E-state index in [-0.39, 0.29) is 24.2 Å². The topological polar surface area (TPSA) is 75.7 Å². The van der Waals surface area contributed by atoms with E-state index in [2.05, 4.69) is 5.32 Å². The van der Waals surface area contributed by atoms with Crippen LogP contribution < -0.4 is 5.32 Å². The fourth-order valence-corrected chi connectivity index (χ4v) is 1.66. The number of ether oxygens (including phenoxy) is 1. The van der Waals surface area contributed by atoms with E-state index >= 15 is 0 Å². The summed E-state index contributed by atoms with van der Waals surface area (Å²) in [5.41, 5.74) is 0. The van der Waals surface area contributed by atoms with Crippen LogP contribution in [-0.2, 0) is 19.1 Å². The van der Waals surface area contributed by atoms with Crippen molar-refractivity contribution in [1.82, 2.24) is 10.2 Å². The van der Waals surface area contributed by atoms with E-state index in [9.17, 15) is 14.4 Å². The zero-order chi connectivity index (χ0) is 12.8. The molecule has 2 amide bonds. The Morgan fingerprint density at radius 2 is 2.24 bits per heavy atom. The second kappa shape index (κ2) is 6.34. The molecule has 1 saturated heterocycles. The molecule has 1 N–H and O–H groups in total. The predicted molar refractivity (Wildman–Crippen MR) is 60.1 cm³/mol. The van der Waals surface area contributed by atoms with Crippen LogP contribution in [-0.4, -0.2) is 48.9 Å². The summed E-state index contributed by atoms with van der Waals surface area (Å²) in [7, 11) is 1.48. The lowest BCUT2D eigenvalue weighted by Gasteiger charge is -2.10. The molecule has 6 nitrogen and oxygen atoms in total. The Bertz CT molecular complexity index is 317. The number of imide groups is 1. The standard InChI is InChI=1S/C11H18N2O4/c1-3-17-10(15)5-4-6-12-8-7-9(14)13(2)11(8)16/h8,12H,3-7H2,1-2H3. The van der Waals surface area contributed by atoms with Gasteiger partial charge in [0, 0.05) is 13.5 Å². The molecule has 1 rings (SSSR count). The monoisotopic (exact) mass is 242 g/mol. The van der Waals surface area contributed by atoms with Crippen molar-refractivity contribution in [3.8, 4) is 0 Å². The van der Waals surface area contributed by atoms with Crippen LogP contribution in [0.1, 0.15) is 26.2 Å². The lowest BCUT2D eigenvalue weighted by molar-refractivity contribution is -0.143. The Labute approximate surface area is 100 Å². The lowest BCUT2D eigenvalue weighted by Crippen LogP contribution is -2.37. The Morgan fingerprint density at radius 3 is 2.76 bits per heavy atom. The van der Waals surface area contributed by atoms with Crippen LogP contribution in [0.15, 0.2) is 0 Å². The van der Waals surface area contributed by atoms with Gasteiger partial charge in [-0.3, -0.25) is 19.3 Å². The van der Waals surface area contributed by atoms with Crippen molar-refractivity contribution < 1.29 is 19.1 Å². The van der Waals surface area contributed by atoms with E-state index in [0.29, 0.717) is 26.0 Å². The largest absolute Gasteiger partial charge is 0.466 e. The number of rotatable bonds is 6. The second-order valence-electron chi connectivity index (χ2n) is 3.91. The predicted octanol–water partition coefficient (Wildman–Crippen LogP) is -0.323. The molecule has 0 aromatic carbocycles. The van der Waals surface area contributed by atoms with Crippen molar-refractivity contribution in [3.05, 3.63) is 0 Å². The lowest BCUT2D eigenvalue weighted by atomic mass is 10.2. The van der Waals surface area contributed by atoms with Gasteiger partial charge in [0.15, 0.2) is 0 Å². The third-order valence-electron chi connectivity index (χ3n) is 2.64. The number of carbonyl (C=O) groups excluding carboxylic acids is 3. The molecule has 96 valence electrons. The minimum atomic E-state index is -0.435. The first-order valence-corrected chi connectivity index (χ1v) is 5.75. The van der Waals surface area contributed by atoms with Gasteiger partial charge in [-0.25, -0.2) is 0 Å². The number of carbonyl (C=O) groups is 3. The SMILES string of the molecule is CCOC(=O)CCCNC1CC(=O)N(C)C1=O. The van der Waals surface area contributed by atoms with Gasteiger partial charge in [0.25, 0.3) is 0 Å². The Morgan fingerprint density at radius 1 is 1.53 bits per heavy atom. The maximum absolute atomic E-state index is 11.5. The summed E-state index contributed by atoms with van der Waals surface area (Å²) in [6.07, 6.45) is 1.13. The van der Waals surface area contributed by atoms with Gasteiger partial charge in [-0.1, -0.05) is 0 Å². The van der Waals surface area contributed by atoms with E-state index in [1.165, 1.54) is 7.05 Å². The summed E-state index contributed by atoms with van der Waals surface area (Å²) in [4.78, 5) is 34.9. The number of nitrogens with zero attached hydrogens (tertiary/aromatic N) is 1. The van der Waals surface area contributed by atoms with Gasteiger partial charge >= 0.3 is 5.97 Å². The Hall–Kier alpha value is -1.43. The number of nitrogens with one attached hydrogen (secondary N) is 1. The van der Waals surface area contributed by atoms with Gasteiger partial charge in [0.05, 0.1) is 19.1 Å². The van der Waals surface area contributed by atoms with Gasteiger partial charge in [-0.2, -0.15) is 0 Å². The minimum Gasteiger partial charge on any atom is -0.466 e. The summed E-state index contributed by atoms with van der Waals surface area (Å²) >= 11 is 0. The van der Waals surface area contributed by atoms with Crippen molar-refractivity contribution >= 4 is 17.8 Å². The fraction of sp³-hybridized carbons (Fsp3) is 0.727. The Balaban J connectivity index is 2.18. The molecule has 1 unspecified atom stereocenters. The van der Waals surface area contributed by atoms with E-state index in [0.717, 1.165) is 4.90 Å². The summed E-state index contributed by atoms with van der Waals surface area (Å²) in [5, 5.41) is 2.97. The molecule has 1 heterocycles. The summed E-state index contributed by atoms with van der Waals surface area (Å²) in [6.45, 7) is 2.66. The van der Waals surface area contributed by atoms with Crippen LogP contribution in [0.2, 0.25) is 0 Å². The van der Waals surface area contributed by atoms with E-state index < -0.39 is 6.04 Å². The number of likely N-dealkylation sites (N-methyl/N-ethyl adjacent to an activating group) is 1. The number of hydrogen-bond donors (Lipinski definition) is 1. The smallest absolute Gasteiger partial charge is 0.305 e. The molecule has 0 bridgehead atoms. The molecule has 1 aliphatic rings. The highest BCUT2D eigenvalue weighted by molar-refractivity contribution is 6.05. The maximum atomic E-state index is 11.5. The maximum Gasteiger partial charge on any atom is 0.305 e. The van der Waals surface area contributed by atoms with Gasteiger partial charge in [0.2, 0.25) is 11.8 Å². The first-order valence-electron chi connectivity index (χ1n) is 5.75. The molecule has 0 aromatic heterocycles. The van der Waals surface area contributed by atoms with Crippen molar-refractivity contribution in [2.75, 3.05) is 20.2 Å². The molecule has 6 heteroatoms. The van der Waals surface area contributed by atoms with Crippen molar-refractivity contribution in [2.24, 2.45) is 0 Å². The molecular weight excluding hydrogens is 224 g/mol. The average molecular weight is 242 g/mol. The number of amides is 2. The van der Waals surface area contributed by atoms with Crippen molar-refractivity contribution in [1.29, 1.82) is 0 Å². The molecule has 0 aliphatic carbocycles. The molecule has 0 saturated carbocycles. The van der Waals surface area contributed by atoms with Crippen LogP contribution in [0.4, 0.5) is 0 Å². The normalized spacial score (nSPS) is 19.9. The van der Waals surface area contributed by atoms with E-state index in [4.69, 9.17) is 4.74 Å². The molecular formula is C11H18N2O4. The molecule has 1 fully saturated rings. The molecule has 1 aliphatic heterocycles. The highest BCUT2D eigenvalue weighted by atomic mass is 16.5. The van der Waals surface area contributed by atoms with Gasteiger partial charge in [0.1, 0.15) is 0 Å². The number of esters is 1.